The Labute approximate surface area is 140 Å². The summed E-state index contributed by atoms with van der Waals surface area (Å²) in [4.78, 5) is 14.2. The standard InChI is InChI=1S/C18H16ClN3O/c19-17-6-5-16(9-15(17)10-20)21-11-18(23)22-8-7-13-3-1-2-4-14(13)12-22/h1-6,9,21H,7-8,11-12H2. The topological polar surface area (TPSA) is 56.1 Å². The van der Waals surface area contributed by atoms with Gasteiger partial charge in [-0.25, -0.2) is 0 Å². The maximum atomic E-state index is 12.4. The normalized spacial score (nSPS) is 13.1. The van der Waals surface area contributed by atoms with Gasteiger partial charge in [0.25, 0.3) is 0 Å². The molecule has 0 aromatic heterocycles. The molecule has 0 unspecified atom stereocenters. The number of carbonyl (C=O) groups is 1. The maximum Gasteiger partial charge on any atom is 0.242 e. The van der Waals surface area contributed by atoms with Crippen LogP contribution in [0.4, 0.5) is 5.69 Å². The summed E-state index contributed by atoms with van der Waals surface area (Å²) >= 11 is 5.90. The van der Waals surface area contributed by atoms with Crippen molar-refractivity contribution < 1.29 is 4.79 Å². The molecule has 1 amide bonds. The van der Waals surface area contributed by atoms with Crippen LogP contribution in [-0.4, -0.2) is 23.9 Å². The summed E-state index contributed by atoms with van der Waals surface area (Å²) in [5.74, 6) is 0.0490. The van der Waals surface area contributed by atoms with E-state index in [9.17, 15) is 4.79 Å². The summed E-state index contributed by atoms with van der Waals surface area (Å²) in [6.45, 7) is 1.59. The number of hydrogen-bond donors (Lipinski definition) is 1. The van der Waals surface area contributed by atoms with Gasteiger partial charge < -0.3 is 10.2 Å². The molecule has 2 aromatic carbocycles. The van der Waals surface area contributed by atoms with Crippen molar-refractivity contribution in [3.8, 4) is 6.07 Å². The second-order valence-corrected chi connectivity index (χ2v) is 5.90. The molecule has 3 rings (SSSR count). The minimum Gasteiger partial charge on any atom is -0.376 e. The molecule has 0 atom stereocenters. The highest BCUT2D eigenvalue weighted by atomic mass is 35.5. The average Bonchev–Trinajstić information content (AvgIpc) is 2.60. The molecular formula is C18H16ClN3O. The number of nitrogens with zero attached hydrogens (tertiary/aromatic N) is 2. The van der Waals surface area contributed by atoms with E-state index in [1.165, 1.54) is 11.1 Å². The quantitative estimate of drug-likeness (QED) is 0.942. The predicted octanol–water partition coefficient (Wildman–Crippen LogP) is 3.21. The lowest BCUT2D eigenvalue weighted by Gasteiger charge is -2.29. The lowest BCUT2D eigenvalue weighted by Crippen LogP contribution is -2.39. The SMILES string of the molecule is N#Cc1cc(NCC(=O)N2CCc3ccccc3C2)ccc1Cl. The van der Waals surface area contributed by atoms with Crippen LogP contribution in [0.1, 0.15) is 16.7 Å². The van der Waals surface area contributed by atoms with E-state index in [4.69, 9.17) is 16.9 Å². The van der Waals surface area contributed by atoms with Crippen molar-refractivity contribution in [2.24, 2.45) is 0 Å². The van der Waals surface area contributed by atoms with Gasteiger partial charge in [-0.15, -0.1) is 0 Å². The molecule has 0 spiro atoms. The zero-order valence-corrected chi connectivity index (χ0v) is 13.3. The van der Waals surface area contributed by atoms with Gasteiger partial charge in [0, 0.05) is 18.8 Å². The summed E-state index contributed by atoms with van der Waals surface area (Å²) in [5, 5.41) is 12.5. The molecule has 0 radical (unpaired) electrons. The summed E-state index contributed by atoms with van der Waals surface area (Å²) in [6, 6.07) is 15.3. The zero-order valence-electron chi connectivity index (χ0n) is 12.6. The minimum absolute atomic E-state index is 0.0490. The maximum absolute atomic E-state index is 12.4. The Hall–Kier alpha value is -2.51. The Morgan fingerprint density at radius 2 is 2.04 bits per heavy atom. The van der Waals surface area contributed by atoms with Gasteiger partial charge >= 0.3 is 0 Å². The van der Waals surface area contributed by atoms with Crippen LogP contribution in [0, 0.1) is 11.3 Å². The monoisotopic (exact) mass is 325 g/mol. The third kappa shape index (κ3) is 3.46. The molecule has 0 fully saturated rings. The molecule has 2 aromatic rings. The van der Waals surface area contributed by atoms with Crippen molar-refractivity contribution in [1.29, 1.82) is 5.26 Å². The predicted molar refractivity (Wildman–Crippen MR) is 90.2 cm³/mol. The van der Waals surface area contributed by atoms with Crippen LogP contribution in [0.15, 0.2) is 42.5 Å². The van der Waals surface area contributed by atoms with E-state index in [1.54, 1.807) is 18.2 Å². The van der Waals surface area contributed by atoms with Gasteiger partial charge in [0.05, 0.1) is 17.1 Å². The first-order chi connectivity index (χ1) is 11.2. The molecule has 0 saturated carbocycles. The van der Waals surface area contributed by atoms with Crippen molar-refractivity contribution >= 4 is 23.2 Å². The second-order valence-electron chi connectivity index (χ2n) is 5.49. The molecule has 0 aliphatic carbocycles. The van der Waals surface area contributed by atoms with Crippen LogP contribution in [-0.2, 0) is 17.8 Å². The van der Waals surface area contributed by atoms with E-state index in [2.05, 4.69) is 17.4 Å². The molecule has 1 heterocycles. The van der Waals surface area contributed by atoms with Crippen LogP contribution >= 0.6 is 11.6 Å². The third-order valence-electron chi connectivity index (χ3n) is 4.01. The van der Waals surface area contributed by atoms with Gasteiger partial charge in [-0.1, -0.05) is 35.9 Å². The van der Waals surface area contributed by atoms with E-state index < -0.39 is 0 Å². The smallest absolute Gasteiger partial charge is 0.242 e. The summed E-state index contributed by atoms with van der Waals surface area (Å²) in [6.07, 6.45) is 0.890. The Balaban J connectivity index is 1.61. The number of halogens is 1. The van der Waals surface area contributed by atoms with Gasteiger partial charge in [0.1, 0.15) is 6.07 Å². The third-order valence-corrected chi connectivity index (χ3v) is 4.34. The number of benzene rings is 2. The average molecular weight is 326 g/mol. The largest absolute Gasteiger partial charge is 0.376 e. The fraction of sp³-hybridized carbons (Fsp3) is 0.222. The van der Waals surface area contributed by atoms with Crippen molar-refractivity contribution in [1.82, 2.24) is 4.90 Å². The highest BCUT2D eigenvalue weighted by molar-refractivity contribution is 6.31. The Bertz CT molecular complexity index is 782. The van der Waals surface area contributed by atoms with Crippen LogP contribution in [0.3, 0.4) is 0 Å². The van der Waals surface area contributed by atoms with Crippen LogP contribution in [0.25, 0.3) is 0 Å². The molecule has 116 valence electrons. The van der Waals surface area contributed by atoms with Gasteiger partial charge in [-0.2, -0.15) is 5.26 Å². The van der Waals surface area contributed by atoms with Crippen LogP contribution in [0.2, 0.25) is 5.02 Å². The number of fused-ring (bicyclic) bond motifs is 1. The number of rotatable bonds is 3. The lowest BCUT2D eigenvalue weighted by molar-refractivity contribution is -0.130. The van der Waals surface area contributed by atoms with Crippen LogP contribution < -0.4 is 5.32 Å². The Kier molecular flexibility index (Phi) is 4.50. The molecule has 5 heteroatoms. The fourth-order valence-electron chi connectivity index (χ4n) is 2.72. The molecule has 1 aliphatic rings. The first-order valence-electron chi connectivity index (χ1n) is 7.45. The molecule has 0 saturated heterocycles. The van der Waals surface area contributed by atoms with Crippen molar-refractivity contribution in [3.05, 3.63) is 64.2 Å². The van der Waals surface area contributed by atoms with E-state index in [-0.39, 0.29) is 12.5 Å². The summed E-state index contributed by atoms with van der Waals surface area (Å²) in [5.41, 5.74) is 3.65. The van der Waals surface area contributed by atoms with E-state index >= 15 is 0 Å². The number of carbonyl (C=O) groups excluding carboxylic acids is 1. The molecule has 1 N–H and O–H groups in total. The summed E-state index contributed by atoms with van der Waals surface area (Å²) in [7, 11) is 0. The van der Waals surface area contributed by atoms with Crippen molar-refractivity contribution in [3.63, 3.8) is 0 Å². The zero-order chi connectivity index (χ0) is 16.2. The van der Waals surface area contributed by atoms with Crippen LogP contribution in [0.5, 0.6) is 0 Å². The highest BCUT2D eigenvalue weighted by Gasteiger charge is 2.19. The molecule has 4 nitrogen and oxygen atoms in total. The first-order valence-corrected chi connectivity index (χ1v) is 7.83. The van der Waals surface area contributed by atoms with E-state index in [0.717, 1.165) is 18.7 Å². The van der Waals surface area contributed by atoms with E-state index in [0.29, 0.717) is 17.1 Å². The van der Waals surface area contributed by atoms with Gasteiger partial charge in [0.2, 0.25) is 5.91 Å². The molecular weight excluding hydrogens is 310 g/mol. The highest BCUT2D eigenvalue weighted by Crippen LogP contribution is 2.21. The molecule has 0 bridgehead atoms. The summed E-state index contributed by atoms with van der Waals surface area (Å²) < 4.78 is 0. The number of nitrogens with one attached hydrogen (secondary N) is 1. The second kappa shape index (κ2) is 6.72. The Morgan fingerprint density at radius 3 is 2.83 bits per heavy atom. The first kappa shape index (κ1) is 15.4. The number of anilines is 1. The molecule has 1 aliphatic heterocycles. The Morgan fingerprint density at radius 1 is 1.26 bits per heavy atom. The van der Waals surface area contributed by atoms with E-state index in [1.807, 2.05) is 23.1 Å². The lowest BCUT2D eigenvalue weighted by atomic mass is 10.00. The van der Waals surface area contributed by atoms with Gasteiger partial charge in [0.15, 0.2) is 0 Å². The van der Waals surface area contributed by atoms with Gasteiger partial charge in [-0.05, 0) is 35.7 Å². The van der Waals surface area contributed by atoms with Gasteiger partial charge in [-0.3, -0.25) is 4.79 Å². The fourth-order valence-corrected chi connectivity index (χ4v) is 2.88. The number of hydrogen-bond acceptors (Lipinski definition) is 3. The van der Waals surface area contributed by atoms with Crippen molar-refractivity contribution in [2.75, 3.05) is 18.4 Å². The number of amides is 1. The number of nitriles is 1. The molecule has 23 heavy (non-hydrogen) atoms. The van der Waals surface area contributed by atoms with Crippen molar-refractivity contribution in [2.45, 2.75) is 13.0 Å². The minimum atomic E-state index is 0.0490.